The fourth-order valence-corrected chi connectivity index (χ4v) is 2.56. The number of esters is 1. The van der Waals surface area contributed by atoms with Gasteiger partial charge >= 0.3 is 12.6 Å². The summed E-state index contributed by atoms with van der Waals surface area (Å²) in [5, 5.41) is 2.21. The molecule has 2 aromatic carbocycles. The second-order valence-corrected chi connectivity index (χ2v) is 6.73. The van der Waals surface area contributed by atoms with Crippen LogP contribution in [0.5, 0.6) is 5.75 Å². The number of halogens is 4. The molecule has 0 bridgehead atoms. The number of ether oxygens (including phenoxy) is 2. The molecule has 166 valence electrons. The van der Waals surface area contributed by atoms with Crippen LogP contribution in [0.1, 0.15) is 34.6 Å². The Morgan fingerprint density at radius 1 is 0.968 bits per heavy atom. The molecule has 0 aromatic heterocycles. The van der Waals surface area contributed by atoms with Gasteiger partial charge in [0.05, 0.1) is 0 Å². The Hall–Kier alpha value is -3.43. The van der Waals surface area contributed by atoms with Gasteiger partial charge in [-0.1, -0.05) is 19.9 Å². The summed E-state index contributed by atoms with van der Waals surface area (Å²) < 4.78 is 61.0. The molecule has 31 heavy (non-hydrogen) atoms. The van der Waals surface area contributed by atoms with Crippen molar-refractivity contribution in [3.63, 3.8) is 0 Å². The van der Waals surface area contributed by atoms with Gasteiger partial charge in [0.2, 0.25) is 0 Å². The number of benzene rings is 2. The van der Waals surface area contributed by atoms with Gasteiger partial charge in [0.25, 0.3) is 5.91 Å². The van der Waals surface area contributed by atoms with E-state index < -0.39 is 60.0 Å². The highest BCUT2D eigenvalue weighted by atomic mass is 19.3. The van der Waals surface area contributed by atoms with Crippen LogP contribution >= 0.6 is 0 Å². The van der Waals surface area contributed by atoms with Crippen LogP contribution in [0.4, 0.5) is 17.6 Å². The fourth-order valence-electron chi connectivity index (χ4n) is 2.56. The Balaban J connectivity index is 2.01. The van der Waals surface area contributed by atoms with Gasteiger partial charge in [0, 0.05) is 5.56 Å². The van der Waals surface area contributed by atoms with Gasteiger partial charge in [-0.25, -0.2) is 13.6 Å². The predicted octanol–water partition coefficient (Wildman–Crippen LogP) is 3.75. The van der Waals surface area contributed by atoms with E-state index in [0.29, 0.717) is 0 Å². The van der Waals surface area contributed by atoms with Crippen LogP contribution in [0, 0.1) is 17.6 Å². The highest BCUT2D eigenvalue weighted by Crippen LogP contribution is 2.16. The maximum Gasteiger partial charge on any atom is 0.387 e. The molecule has 0 saturated heterocycles. The van der Waals surface area contributed by atoms with Crippen LogP contribution in [-0.4, -0.2) is 36.9 Å². The molecule has 0 aliphatic rings. The average Bonchev–Trinajstić information content (AvgIpc) is 2.69. The second-order valence-electron chi connectivity index (χ2n) is 6.73. The van der Waals surface area contributed by atoms with E-state index in [2.05, 4.69) is 10.1 Å². The Kier molecular flexibility index (Phi) is 8.12. The molecule has 0 aliphatic carbocycles. The maximum atomic E-state index is 13.8. The highest BCUT2D eigenvalue weighted by Gasteiger charge is 2.29. The lowest BCUT2D eigenvalue weighted by Gasteiger charge is -2.21. The van der Waals surface area contributed by atoms with E-state index in [0.717, 1.165) is 30.3 Å². The number of carbonyl (C=O) groups excluding carboxylic acids is 3. The number of carbonyl (C=O) groups is 3. The Bertz CT molecular complexity index is 927. The number of ketones is 1. The van der Waals surface area contributed by atoms with Crippen molar-refractivity contribution in [3.05, 3.63) is 65.2 Å². The van der Waals surface area contributed by atoms with E-state index >= 15 is 0 Å². The molecular weight excluding hydrogens is 422 g/mol. The maximum absolute atomic E-state index is 13.8. The molecule has 1 atom stereocenters. The first-order chi connectivity index (χ1) is 14.6. The summed E-state index contributed by atoms with van der Waals surface area (Å²) >= 11 is 0. The number of alkyl halides is 2. The minimum absolute atomic E-state index is 0.0768. The van der Waals surface area contributed by atoms with Crippen molar-refractivity contribution >= 4 is 17.7 Å². The van der Waals surface area contributed by atoms with Crippen LogP contribution in [0.2, 0.25) is 0 Å². The first-order valence-electron chi connectivity index (χ1n) is 9.09. The summed E-state index contributed by atoms with van der Waals surface area (Å²) in [6.07, 6.45) is 0. The number of hydrogen-bond donors (Lipinski definition) is 1. The molecule has 1 amide bonds. The molecule has 10 heteroatoms. The van der Waals surface area contributed by atoms with Crippen LogP contribution in [-0.2, 0) is 9.53 Å². The quantitative estimate of drug-likeness (QED) is 0.364. The van der Waals surface area contributed by atoms with Crippen molar-refractivity contribution < 1.29 is 41.4 Å². The summed E-state index contributed by atoms with van der Waals surface area (Å²) in [7, 11) is 0. The number of amides is 1. The number of Topliss-reactive ketones (excluding diaryl/α,β-unsaturated/α-hetero) is 1. The van der Waals surface area contributed by atoms with Gasteiger partial charge in [-0.2, -0.15) is 8.78 Å². The zero-order chi connectivity index (χ0) is 23.1. The van der Waals surface area contributed by atoms with Gasteiger partial charge in [0.1, 0.15) is 29.0 Å². The van der Waals surface area contributed by atoms with E-state index in [9.17, 15) is 31.9 Å². The summed E-state index contributed by atoms with van der Waals surface area (Å²) in [5.74, 6) is -5.62. The van der Waals surface area contributed by atoms with E-state index in [-0.39, 0.29) is 11.3 Å². The average molecular weight is 441 g/mol. The second kappa shape index (κ2) is 10.6. The van der Waals surface area contributed by atoms with Crippen LogP contribution < -0.4 is 10.1 Å². The van der Waals surface area contributed by atoms with Crippen molar-refractivity contribution in [2.75, 3.05) is 6.61 Å². The smallest absolute Gasteiger partial charge is 0.387 e. The minimum atomic E-state index is -3.01. The van der Waals surface area contributed by atoms with Crippen molar-refractivity contribution in [3.8, 4) is 5.75 Å². The van der Waals surface area contributed by atoms with Gasteiger partial charge < -0.3 is 14.8 Å². The van der Waals surface area contributed by atoms with Crippen molar-refractivity contribution in [2.24, 2.45) is 5.92 Å². The van der Waals surface area contributed by atoms with E-state index in [1.54, 1.807) is 13.8 Å². The Labute approximate surface area is 175 Å². The lowest BCUT2D eigenvalue weighted by molar-refractivity contribution is -0.145. The fraction of sp³-hybridized carbons (Fsp3) is 0.286. The highest BCUT2D eigenvalue weighted by molar-refractivity contribution is 5.99. The third kappa shape index (κ3) is 6.53. The molecular formula is C21H19F4NO5. The third-order valence-corrected chi connectivity index (χ3v) is 4.14. The molecule has 0 saturated carbocycles. The molecule has 6 nitrogen and oxygen atoms in total. The largest absolute Gasteiger partial charge is 0.456 e. The monoisotopic (exact) mass is 441 g/mol. The van der Waals surface area contributed by atoms with E-state index in [1.807, 2.05) is 0 Å². The number of nitrogens with one attached hydrogen (secondary N) is 1. The van der Waals surface area contributed by atoms with Crippen LogP contribution in [0.25, 0.3) is 0 Å². The zero-order valence-electron chi connectivity index (χ0n) is 16.5. The van der Waals surface area contributed by atoms with Gasteiger partial charge in [-0.15, -0.1) is 0 Å². The summed E-state index contributed by atoms with van der Waals surface area (Å²) in [6.45, 7) is -0.578. The Morgan fingerprint density at radius 3 is 2.06 bits per heavy atom. The molecule has 2 rings (SSSR count). The van der Waals surface area contributed by atoms with Crippen molar-refractivity contribution in [1.29, 1.82) is 0 Å². The molecule has 1 N–H and O–H groups in total. The molecule has 0 aliphatic heterocycles. The van der Waals surface area contributed by atoms with Crippen LogP contribution in [0.15, 0.2) is 42.5 Å². The lowest BCUT2D eigenvalue weighted by Crippen LogP contribution is -2.46. The molecule has 0 heterocycles. The predicted molar refractivity (Wildman–Crippen MR) is 101 cm³/mol. The summed E-state index contributed by atoms with van der Waals surface area (Å²) in [6, 6.07) is 6.36. The van der Waals surface area contributed by atoms with Gasteiger partial charge in [0.15, 0.2) is 12.4 Å². The number of rotatable bonds is 9. The molecule has 2 aromatic rings. The van der Waals surface area contributed by atoms with E-state index in [1.165, 1.54) is 12.1 Å². The van der Waals surface area contributed by atoms with Crippen molar-refractivity contribution in [1.82, 2.24) is 5.32 Å². The SMILES string of the molecule is CC(C)[C@@H](NC(=O)c1c(F)cccc1F)C(=O)OCC(=O)c1ccc(OC(F)F)cc1. The van der Waals surface area contributed by atoms with Crippen molar-refractivity contribution in [2.45, 2.75) is 26.5 Å². The number of hydrogen-bond acceptors (Lipinski definition) is 5. The third-order valence-electron chi connectivity index (χ3n) is 4.14. The topological polar surface area (TPSA) is 81.7 Å². The zero-order valence-corrected chi connectivity index (χ0v) is 16.5. The minimum Gasteiger partial charge on any atom is -0.456 e. The Morgan fingerprint density at radius 2 is 1.55 bits per heavy atom. The first kappa shape index (κ1) is 23.8. The standard InChI is InChI=1S/C21H19F4NO5/c1-11(2)18(26-19(28)17-14(22)4-3-5-15(17)23)20(29)30-10-16(27)12-6-8-13(9-7-12)31-21(24)25/h3-9,11,18,21H,10H2,1-2H3,(H,26,28)/t18-/m1/s1. The molecule has 0 unspecified atom stereocenters. The van der Waals surface area contributed by atoms with Gasteiger partial charge in [-0.3, -0.25) is 9.59 Å². The normalized spacial score (nSPS) is 11.9. The molecule has 0 radical (unpaired) electrons. The molecule has 0 fully saturated rings. The summed E-state index contributed by atoms with van der Waals surface area (Å²) in [4.78, 5) is 36.8. The molecule has 0 spiro atoms. The van der Waals surface area contributed by atoms with E-state index in [4.69, 9.17) is 4.74 Å². The lowest BCUT2D eigenvalue weighted by atomic mass is 10.0. The van der Waals surface area contributed by atoms with Crippen LogP contribution in [0.3, 0.4) is 0 Å². The van der Waals surface area contributed by atoms with Gasteiger partial charge in [-0.05, 0) is 42.3 Å². The first-order valence-corrected chi connectivity index (χ1v) is 9.09. The summed E-state index contributed by atoms with van der Waals surface area (Å²) in [5.41, 5.74) is -0.767.